The first-order valence-electron chi connectivity index (χ1n) is 6.54. The van der Waals surface area contributed by atoms with Gasteiger partial charge in [-0.3, -0.25) is 9.88 Å². The molecule has 2 aromatic rings. The van der Waals surface area contributed by atoms with E-state index in [1.165, 1.54) is 0 Å². The molecule has 3 N–H and O–H groups in total. The van der Waals surface area contributed by atoms with Crippen LogP contribution in [0.25, 0.3) is 0 Å². The number of nitrogens with one attached hydrogen (secondary N) is 2. The van der Waals surface area contributed by atoms with E-state index in [0.29, 0.717) is 25.5 Å². The Morgan fingerprint density at radius 2 is 1.95 bits per heavy atom. The summed E-state index contributed by atoms with van der Waals surface area (Å²) in [5.74, 6) is 0.565. The van der Waals surface area contributed by atoms with Crippen molar-refractivity contribution in [1.29, 1.82) is 0 Å². The highest BCUT2D eigenvalue weighted by atomic mass is 16.3. The van der Waals surface area contributed by atoms with Crippen LogP contribution in [0.4, 0.5) is 0 Å². The van der Waals surface area contributed by atoms with Crippen molar-refractivity contribution in [2.24, 2.45) is 0 Å². The standard InChI is InChI=1S/C14H20N4O2/c1-14(2,20)10-18(8-11-6-4-3-5-7-11)9-12-15-13(19)17-16-12/h3-7,20H,8-10H2,1-2H3,(H2,15,16,17,19). The largest absolute Gasteiger partial charge is 0.389 e. The summed E-state index contributed by atoms with van der Waals surface area (Å²) in [4.78, 5) is 15.7. The Labute approximate surface area is 117 Å². The quantitative estimate of drug-likeness (QED) is 0.731. The summed E-state index contributed by atoms with van der Waals surface area (Å²) in [6, 6.07) is 9.99. The highest BCUT2D eigenvalue weighted by molar-refractivity contribution is 5.14. The van der Waals surface area contributed by atoms with E-state index in [-0.39, 0.29) is 5.69 Å². The van der Waals surface area contributed by atoms with Crippen LogP contribution in [0, 0.1) is 0 Å². The van der Waals surface area contributed by atoms with Gasteiger partial charge in [-0.1, -0.05) is 30.3 Å². The third kappa shape index (κ3) is 4.64. The summed E-state index contributed by atoms with van der Waals surface area (Å²) in [6.07, 6.45) is 0. The van der Waals surface area contributed by atoms with Gasteiger partial charge >= 0.3 is 5.69 Å². The third-order valence-electron chi connectivity index (χ3n) is 2.78. The monoisotopic (exact) mass is 276 g/mol. The zero-order valence-corrected chi connectivity index (χ0v) is 11.8. The molecule has 1 aromatic carbocycles. The second-order valence-corrected chi connectivity index (χ2v) is 5.57. The number of nitrogens with zero attached hydrogens (tertiary/aromatic N) is 2. The first kappa shape index (κ1) is 14.5. The summed E-state index contributed by atoms with van der Waals surface area (Å²) in [7, 11) is 0. The van der Waals surface area contributed by atoms with Crippen molar-refractivity contribution < 1.29 is 5.11 Å². The van der Waals surface area contributed by atoms with Crippen molar-refractivity contribution in [1.82, 2.24) is 20.1 Å². The zero-order valence-electron chi connectivity index (χ0n) is 11.8. The van der Waals surface area contributed by atoms with Gasteiger partial charge < -0.3 is 5.11 Å². The van der Waals surface area contributed by atoms with Crippen molar-refractivity contribution in [2.75, 3.05) is 6.54 Å². The molecule has 0 aliphatic carbocycles. The fourth-order valence-electron chi connectivity index (χ4n) is 2.15. The van der Waals surface area contributed by atoms with Crippen molar-refractivity contribution >= 4 is 0 Å². The lowest BCUT2D eigenvalue weighted by Crippen LogP contribution is -2.38. The summed E-state index contributed by atoms with van der Waals surface area (Å²) in [5.41, 5.74) is 0.0170. The predicted octanol–water partition coefficient (Wildman–Crippen LogP) is 0.871. The molecule has 0 aliphatic heterocycles. The Kier molecular flexibility index (Phi) is 4.36. The van der Waals surface area contributed by atoms with Gasteiger partial charge in [0.25, 0.3) is 0 Å². The highest BCUT2D eigenvalue weighted by Gasteiger charge is 2.19. The molecule has 0 unspecified atom stereocenters. The maximum absolute atomic E-state index is 11.1. The van der Waals surface area contributed by atoms with E-state index in [9.17, 15) is 9.90 Å². The molecule has 0 atom stereocenters. The Morgan fingerprint density at radius 1 is 1.25 bits per heavy atom. The number of hydrogen-bond donors (Lipinski definition) is 3. The molecule has 0 amide bonds. The van der Waals surface area contributed by atoms with E-state index in [1.807, 2.05) is 35.2 Å². The Morgan fingerprint density at radius 3 is 2.50 bits per heavy atom. The number of aromatic nitrogens is 3. The van der Waals surface area contributed by atoms with Gasteiger partial charge in [0.05, 0.1) is 12.1 Å². The Bertz CT molecular complexity index is 583. The SMILES string of the molecule is CC(C)(O)CN(Cc1ccccc1)Cc1n[nH]c(=O)[nH]1. The number of H-pyrrole nitrogens is 2. The molecule has 6 nitrogen and oxygen atoms in total. The predicted molar refractivity (Wildman–Crippen MR) is 76.1 cm³/mol. The Hall–Kier alpha value is -1.92. The molecule has 0 bridgehead atoms. The van der Waals surface area contributed by atoms with Gasteiger partial charge in [0.1, 0.15) is 5.82 Å². The lowest BCUT2D eigenvalue weighted by atomic mass is 10.1. The summed E-state index contributed by atoms with van der Waals surface area (Å²) >= 11 is 0. The molecular weight excluding hydrogens is 256 g/mol. The van der Waals surface area contributed by atoms with Crippen LogP contribution in [0.1, 0.15) is 25.2 Å². The minimum Gasteiger partial charge on any atom is -0.389 e. The van der Waals surface area contributed by atoms with Gasteiger partial charge in [-0.15, -0.1) is 0 Å². The van der Waals surface area contributed by atoms with Gasteiger partial charge in [0.2, 0.25) is 0 Å². The molecule has 0 aliphatic rings. The van der Waals surface area contributed by atoms with Gasteiger partial charge in [-0.25, -0.2) is 9.89 Å². The van der Waals surface area contributed by atoms with Crippen LogP contribution in [-0.4, -0.2) is 37.3 Å². The van der Waals surface area contributed by atoms with Gasteiger partial charge in [0.15, 0.2) is 0 Å². The van der Waals surface area contributed by atoms with Crippen molar-refractivity contribution in [3.05, 3.63) is 52.2 Å². The normalized spacial score (nSPS) is 12.0. The first-order chi connectivity index (χ1) is 9.42. The van der Waals surface area contributed by atoms with Crippen LogP contribution in [0.5, 0.6) is 0 Å². The number of benzene rings is 1. The van der Waals surface area contributed by atoms with Crippen LogP contribution in [0.15, 0.2) is 35.1 Å². The number of aliphatic hydroxyl groups is 1. The average Bonchev–Trinajstić information content (AvgIpc) is 2.74. The summed E-state index contributed by atoms with van der Waals surface area (Å²) in [5, 5.41) is 16.3. The highest BCUT2D eigenvalue weighted by Crippen LogP contribution is 2.12. The Balaban J connectivity index is 2.10. The molecule has 0 fully saturated rings. The molecule has 1 heterocycles. The second-order valence-electron chi connectivity index (χ2n) is 5.57. The minimum atomic E-state index is -0.814. The van der Waals surface area contributed by atoms with E-state index in [2.05, 4.69) is 15.2 Å². The van der Waals surface area contributed by atoms with E-state index in [4.69, 9.17) is 0 Å². The van der Waals surface area contributed by atoms with Crippen LogP contribution in [-0.2, 0) is 13.1 Å². The fraction of sp³-hybridized carbons (Fsp3) is 0.429. The fourth-order valence-corrected chi connectivity index (χ4v) is 2.15. The van der Waals surface area contributed by atoms with Crippen LogP contribution in [0.3, 0.4) is 0 Å². The first-order valence-corrected chi connectivity index (χ1v) is 6.54. The maximum atomic E-state index is 11.1. The zero-order chi connectivity index (χ0) is 14.6. The molecule has 0 radical (unpaired) electrons. The van der Waals surface area contributed by atoms with Crippen LogP contribution < -0.4 is 5.69 Å². The van der Waals surface area contributed by atoms with Gasteiger partial charge in [0, 0.05) is 13.1 Å². The molecule has 108 valence electrons. The van der Waals surface area contributed by atoms with Crippen molar-refractivity contribution in [2.45, 2.75) is 32.5 Å². The summed E-state index contributed by atoms with van der Waals surface area (Å²) in [6.45, 7) is 5.16. The van der Waals surface area contributed by atoms with E-state index in [1.54, 1.807) is 13.8 Å². The molecule has 1 aromatic heterocycles. The molecule has 0 saturated heterocycles. The number of rotatable bonds is 6. The topological polar surface area (TPSA) is 85.0 Å². The smallest absolute Gasteiger partial charge is 0.340 e. The van der Waals surface area contributed by atoms with Crippen molar-refractivity contribution in [3.63, 3.8) is 0 Å². The maximum Gasteiger partial charge on any atom is 0.340 e. The van der Waals surface area contributed by atoms with E-state index >= 15 is 0 Å². The van der Waals surface area contributed by atoms with Crippen molar-refractivity contribution in [3.8, 4) is 0 Å². The molecule has 0 saturated carbocycles. The molecule has 20 heavy (non-hydrogen) atoms. The number of hydrogen-bond acceptors (Lipinski definition) is 4. The van der Waals surface area contributed by atoms with Gasteiger partial charge in [-0.2, -0.15) is 5.10 Å². The third-order valence-corrected chi connectivity index (χ3v) is 2.78. The molecule has 0 spiro atoms. The molecule has 2 rings (SSSR count). The minimum absolute atomic E-state index is 0.317. The molecular formula is C14H20N4O2. The van der Waals surface area contributed by atoms with E-state index < -0.39 is 5.60 Å². The second kappa shape index (κ2) is 6.02. The molecule has 6 heteroatoms. The summed E-state index contributed by atoms with van der Waals surface area (Å²) < 4.78 is 0. The van der Waals surface area contributed by atoms with Crippen LogP contribution in [0.2, 0.25) is 0 Å². The van der Waals surface area contributed by atoms with Gasteiger partial charge in [-0.05, 0) is 19.4 Å². The lowest BCUT2D eigenvalue weighted by molar-refractivity contribution is 0.0298. The van der Waals surface area contributed by atoms with Crippen LogP contribution >= 0.6 is 0 Å². The average molecular weight is 276 g/mol. The number of aromatic amines is 2. The lowest BCUT2D eigenvalue weighted by Gasteiger charge is -2.28. The van der Waals surface area contributed by atoms with E-state index in [0.717, 1.165) is 5.56 Å².